The van der Waals surface area contributed by atoms with Gasteiger partial charge in [0.2, 0.25) is 0 Å². The molecule has 3 rings (SSSR count). The monoisotopic (exact) mass is 472 g/mol. The fraction of sp³-hybridized carbons (Fsp3) is 0.300. The maximum atomic E-state index is 13.5. The second kappa shape index (κ2) is 8.52. The third kappa shape index (κ3) is 5.14. The zero-order valence-electron chi connectivity index (χ0n) is 15.1. The van der Waals surface area contributed by atoms with Crippen molar-refractivity contribution in [2.45, 2.75) is 25.1 Å². The van der Waals surface area contributed by atoms with Crippen LogP contribution in [-0.2, 0) is 6.18 Å². The molecule has 1 saturated heterocycles. The topological polar surface area (TPSA) is 49.4 Å². The molecule has 2 aromatic rings. The average molecular weight is 473 g/mol. The molecule has 154 valence electrons. The SMILES string of the molecule is O=C(NC1CCCN(C(=O)c2cc(F)ccc2Br)C1)c1ccc(C(F)(F)F)cc1. The predicted octanol–water partition coefficient (Wildman–Crippen LogP) is 4.64. The average Bonchev–Trinajstić information content (AvgIpc) is 2.69. The summed E-state index contributed by atoms with van der Waals surface area (Å²) in [4.78, 5) is 26.6. The Morgan fingerprint density at radius 2 is 1.79 bits per heavy atom. The van der Waals surface area contributed by atoms with Crippen LogP contribution in [-0.4, -0.2) is 35.8 Å². The van der Waals surface area contributed by atoms with E-state index in [-0.39, 0.29) is 29.6 Å². The molecule has 9 heteroatoms. The number of amides is 2. The van der Waals surface area contributed by atoms with E-state index < -0.39 is 23.5 Å². The number of rotatable bonds is 3. The molecular formula is C20H17BrF4N2O2. The van der Waals surface area contributed by atoms with Crippen molar-refractivity contribution in [2.75, 3.05) is 13.1 Å². The van der Waals surface area contributed by atoms with Gasteiger partial charge in [0.1, 0.15) is 5.82 Å². The second-order valence-electron chi connectivity index (χ2n) is 6.76. The Bertz CT molecular complexity index is 916. The minimum Gasteiger partial charge on any atom is -0.348 e. The number of hydrogen-bond donors (Lipinski definition) is 1. The molecule has 1 N–H and O–H groups in total. The minimum absolute atomic E-state index is 0.106. The Morgan fingerprint density at radius 1 is 1.10 bits per heavy atom. The van der Waals surface area contributed by atoms with Gasteiger partial charge in [-0.05, 0) is 71.2 Å². The molecule has 4 nitrogen and oxygen atoms in total. The summed E-state index contributed by atoms with van der Waals surface area (Å²) >= 11 is 3.24. The van der Waals surface area contributed by atoms with E-state index in [4.69, 9.17) is 0 Å². The fourth-order valence-electron chi connectivity index (χ4n) is 3.19. The third-order valence-corrected chi connectivity index (χ3v) is 5.37. The van der Waals surface area contributed by atoms with E-state index in [1.165, 1.54) is 17.0 Å². The predicted molar refractivity (Wildman–Crippen MR) is 102 cm³/mol. The number of likely N-dealkylation sites (tertiary alicyclic amines) is 1. The molecule has 0 bridgehead atoms. The Morgan fingerprint density at radius 3 is 2.45 bits per heavy atom. The highest BCUT2D eigenvalue weighted by molar-refractivity contribution is 9.10. The normalized spacial score (nSPS) is 17.1. The highest BCUT2D eigenvalue weighted by atomic mass is 79.9. The van der Waals surface area contributed by atoms with Gasteiger partial charge in [-0.25, -0.2) is 4.39 Å². The van der Waals surface area contributed by atoms with Crippen molar-refractivity contribution in [3.63, 3.8) is 0 Å². The molecule has 1 unspecified atom stereocenters. The van der Waals surface area contributed by atoms with Gasteiger partial charge in [0.05, 0.1) is 11.1 Å². The van der Waals surface area contributed by atoms with Gasteiger partial charge < -0.3 is 10.2 Å². The fourth-order valence-corrected chi connectivity index (χ4v) is 3.61. The summed E-state index contributed by atoms with van der Waals surface area (Å²) in [7, 11) is 0. The van der Waals surface area contributed by atoms with Crippen LogP contribution in [0.3, 0.4) is 0 Å². The van der Waals surface area contributed by atoms with Crippen LogP contribution in [0.5, 0.6) is 0 Å². The summed E-state index contributed by atoms with van der Waals surface area (Å²) in [5.41, 5.74) is -0.529. The summed E-state index contributed by atoms with van der Waals surface area (Å²) in [5, 5.41) is 2.76. The van der Waals surface area contributed by atoms with E-state index in [9.17, 15) is 27.2 Å². The first-order valence-corrected chi connectivity index (χ1v) is 9.67. The lowest BCUT2D eigenvalue weighted by molar-refractivity contribution is -0.137. The first-order chi connectivity index (χ1) is 13.6. The van der Waals surface area contributed by atoms with Crippen molar-refractivity contribution < 1.29 is 27.2 Å². The molecule has 1 fully saturated rings. The zero-order valence-corrected chi connectivity index (χ0v) is 16.7. The zero-order chi connectivity index (χ0) is 21.2. The molecule has 1 aliphatic heterocycles. The number of nitrogens with one attached hydrogen (secondary N) is 1. The van der Waals surface area contributed by atoms with Gasteiger partial charge >= 0.3 is 6.18 Å². The molecule has 2 amide bonds. The van der Waals surface area contributed by atoms with E-state index in [0.29, 0.717) is 23.9 Å². The molecule has 0 spiro atoms. The molecule has 0 aromatic heterocycles. The van der Waals surface area contributed by atoms with Crippen LogP contribution in [0.15, 0.2) is 46.9 Å². The molecule has 0 saturated carbocycles. The molecule has 2 aromatic carbocycles. The Labute approximate surface area is 173 Å². The Kier molecular flexibility index (Phi) is 6.26. The van der Waals surface area contributed by atoms with Crippen LogP contribution >= 0.6 is 15.9 Å². The summed E-state index contributed by atoms with van der Waals surface area (Å²) in [6, 6.07) is 7.44. The van der Waals surface area contributed by atoms with Crippen molar-refractivity contribution in [2.24, 2.45) is 0 Å². The number of carbonyl (C=O) groups excluding carboxylic acids is 2. The number of hydrogen-bond acceptors (Lipinski definition) is 2. The lowest BCUT2D eigenvalue weighted by Crippen LogP contribution is -2.49. The van der Waals surface area contributed by atoms with Gasteiger partial charge in [-0.2, -0.15) is 13.2 Å². The summed E-state index contributed by atoms with van der Waals surface area (Å²) < 4.78 is 51.9. The van der Waals surface area contributed by atoms with E-state index in [2.05, 4.69) is 21.2 Å². The summed E-state index contributed by atoms with van der Waals surface area (Å²) in [6.07, 6.45) is -3.21. The molecule has 29 heavy (non-hydrogen) atoms. The molecule has 1 aliphatic rings. The van der Waals surface area contributed by atoms with Crippen LogP contribution < -0.4 is 5.32 Å². The first-order valence-electron chi connectivity index (χ1n) is 8.87. The Hall–Kier alpha value is -2.42. The highest BCUT2D eigenvalue weighted by Gasteiger charge is 2.31. The van der Waals surface area contributed by atoms with E-state index in [1.54, 1.807) is 0 Å². The molecule has 0 aliphatic carbocycles. The van der Waals surface area contributed by atoms with Crippen molar-refractivity contribution in [1.29, 1.82) is 0 Å². The number of halogens is 5. The third-order valence-electron chi connectivity index (χ3n) is 4.68. The van der Waals surface area contributed by atoms with Gasteiger partial charge in [-0.15, -0.1) is 0 Å². The summed E-state index contributed by atoms with van der Waals surface area (Å²) in [6.45, 7) is 0.697. The molecule has 1 heterocycles. The molecule has 0 radical (unpaired) electrons. The van der Waals surface area contributed by atoms with Crippen molar-refractivity contribution >= 4 is 27.7 Å². The summed E-state index contributed by atoms with van der Waals surface area (Å²) in [5.74, 6) is -1.39. The van der Waals surface area contributed by atoms with Crippen molar-refractivity contribution in [1.82, 2.24) is 10.2 Å². The van der Waals surface area contributed by atoms with E-state index >= 15 is 0 Å². The van der Waals surface area contributed by atoms with Crippen LogP contribution in [0.2, 0.25) is 0 Å². The lowest BCUT2D eigenvalue weighted by atomic mass is 10.0. The number of carbonyl (C=O) groups is 2. The van der Waals surface area contributed by atoms with Crippen LogP contribution in [0.4, 0.5) is 17.6 Å². The van der Waals surface area contributed by atoms with Gasteiger partial charge in [0.15, 0.2) is 0 Å². The van der Waals surface area contributed by atoms with Crippen molar-refractivity contribution in [3.05, 3.63) is 69.4 Å². The highest BCUT2D eigenvalue weighted by Crippen LogP contribution is 2.29. The maximum Gasteiger partial charge on any atom is 0.416 e. The number of benzene rings is 2. The quantitative estimate of drug-likeness (QED) is 0.661. The number of piperidine rings is 1. The minimum atomic E-state index is -4.47. The molecule has 1 atom stereocenters. The molecular weight excluding hydrogens is 456 g/mol. The largest absolute Gasteiger partial charge is 0.416 e. The lowest BCUT2D eigenvalue weighted by Gasteiger charge is -2.33. The van der Waals surface area contributed by atoms with Gasteiger partial charge in [-0.1, -0.05) is 0 Å². The maximum absolute atomic E-state index is 13.5. The van der Waals surface area contributed by atoms with Crippen LogP contribution in [0, 0.1) is 5.82 Å². The van der Waals surface area contributed by atoms with Gasteiger partial charge in [0.25, 0.3) is 11.8 Å². The van der Waals surface area contributed by atoms with E-state index in [1.807, 2.05) is 0 Å². The number of alkyl halides is 3. The van der Waals surface area contributed by atoms with Crippen LogP contribution in [0.1, 0.15) is 39.1 Å². The van der Waals surface area contributed by atoms with E-state index in [0.717, 1.165) is 30.3 Å². The van der Waals surface area contributed by atoms with Gasteiger partial charge in [0, 0.05) is 29.2 Å². The smallest absolute Gasteiger partial charge is 0.348 e. The van der Waals surface area contributed by atoms with Crippen LogP contribution in [0.25, 0.3) is 0 Å². The first kappa shape index (κ1) is 21.3. The van der Waals surface area contributed by atoms with Gasteiger partial charge in [-0.3, -0.25) is 9.59 Å². The number of nitrogens with zero attached hydrogens (tertiary/aromatic N) is 1. The standard InChI is InChI=1S/C20H17BrF4N2O2/c21-17-8-7-14(22)10-16(17)19(29)27-9-1-2-15(11-27)26-18(28)12-3-5-13(6-4-12)20(23,24)25/h3-8,10,15H,1-2,9,11H2,(H,26,28). The second-order valence-corrected chi connectivity index (χ2v) is 7.62. The Balaban J connectivity index is 1.65. The van der Waals surface area contributed by atoms with Crippen molar-refractivity contribution in [3.8, 4) is 0 Å².